The lowest BCUT2D eigenvalue weighted by atomic mass is 10.5. The minimum atomic E-state index is -0.297. The third-order valence-corrected chi connectivity index (χ3v) is 2.17. The minimum Gasteiger partial charge on any atom is -0.466 e. The van der Waals surface area contributed by atoms with Crippen molar-refractivity contribution in [3.8, 4) is 0 Å². The summed E-state index contributed by atoms with van der Waals surface area (Å²) in [5, 5.41) is 0. The minimum absolute atomic E-state index is 0.297. The summed E-state index contributed by atoms with van der Waals surface area (Å²) in [6.45, 7) is 0.730. The van der Waals surface area contributed by atoms with Gasteiger partial charge < -0.3 is 10.5 Å². The van der Waals surface area contributed by atoms with Crippen LogP contribution in [0.5, 0.6) is 0 Å². The summed E-state index contributed by atoms with van der Waals surface area (Å²) in [6.07, 6.45) is 4.26. The molecule has 4 heteroatoms. The van der Waals surface area contributed by atoms with E-state index in [2.05, 4.69) is 4.74 Å². The molecular formula is C8H15NO2S. The number of methoxy groups -OCH3 is 1. The van der Waals surface area contributed by atoms with Crippen LogP contribution < -0.4 is 5.73 Å². The molecule has 0 bridgehead atoms. The smallest absolute Gasteiger partial charge is 0.330 e. The molecule has 0 aromatic rings. The summed E-state index contributed by atoms with van der Waals surface area (Å²) in [5.74, 6) is 1.59. The molecule has 0 spiro atoms. The first-order chi connectivity index (χ1) is 5.81. The third-order valence-electron chi connectivity index (χ3n) is 1.16. The van der Waals surface area contributed by atoms with E-state index in [1.165, 1.54) is 13.2 Å². The van der Waals surface area contributed by atoms with Gasteiger partial charge in [-0.25, -0.2) is 4.79 Å². The Labute approximate surface area is 77.3 Å². The zero-order valence-electron chi connectivity index (χ0n) is 7.29. The molecule has 0 saturated carbocycles. The van der Waals surface area contributed by atoms with E-state index in [0.717, 1.165) is 24.5 Å². The van der Waals surface area contributed by atoms with E-state index in [-0.39, 0.29) is 5.97 Å². The van der Waals surface area contributed by atoms with Crippen LogP contribution in [0.1, 0.15) is 6.42 Å². The van der Waals surface area contributed by atoms with Crippen LogP contribution in [0.3, 0.4) is 0 Å². The van der Waals surface area contributed by atoms with E-state index in [4.69, 9.17) is 5.73 Å². The molecule has 0 atom stereocenters. The van der Waals surface area contributed by atoms with Gasteiger partial charge in [-0.15, -0.1) is 0 Å². The van der Waals surface area contributed by atoms with Crippen molar-refractivity contribution in [3.05, 3.63) is 12.2 Å². The van der Waals surface area contributed by atoms with Crippen LogP contribution in [-0.2, 0) is 9.53 Å². The predicted octanol–water partition coefficient (Wildman–Crippen LogP) is 0.798. The second kappa shape index (κ2) is 8.62. The maximum Gasteiger partial charge on any atom is 0.330 e. The first-order valence-corrected chi connectivity index (χ1v) is 4.99. The Morgan fingerprint density at radius 2 is 2.42 bits per heavy atom. The highest BCUT2D eigenvalue weighted by Gasteiger charge is 1.89. The van der Waals surface area contributed by atoms with Gasteiger partial charge in [-0.3, -0.25) is 0 Å². The van der Waals surface area contributed by atoms with E-state index in [0.29, 0.717) is 0 Å². The first kappa shape index (κ1) is 11.5. The Balaban J connectivity index is 3.18. The van der Waals surface area contributed by atoms with Gasteiger partial charge in [-0.1, -0.05) is 6.08 Å². The standard InChI is InChI=1S/C8H15NO2S/c1-11-8(10)4-2-6-12-7-3-5-9/h2,4H,3,5-7,9H2,1H3/b4-2+. The van der Waals surface area contributed by atoms with Crippen LogP contribution in [-0.4, -0.2) is 31.1 Å². The summed E-state index contributed by atoms with van der Waals surface area (Å²) in [6, 6.07) is 0. The van der Waals surface area contributed by atoms with Crippen LogP contribution in [0.25, 0.3) is 0 Å². The van der Waals surface area contributed by atoms with Crippen LogP contribution in [0.2, 0.25) is 0 Å². The highest BCUT2D eigenvalue weighted by Crippen LogP contribution is 2.01. The quantitative estimate of drug-likeness (QED) is 0.381. The Hall–Kier alpha value is -0.480. The van der Waals surface area contributed by atoms with Gasteiger partial charge in [0.15, 0.2) is 0 Å². The molecule has 0 aliphatic carbocycles. The molecule has 0 fully saturated rings. The Bertz CT molecular complexity index is 148. The van der Waals surface area contributed by atoms with E-state index in [1.807, 2.05) is 0 Å². The van der Waals surface area contributed by atoms with Crippen molar-refractivity contribution in [1.29, 1.82) is 0 Å². The summed E-state index contributed by atoms with van der Waals surface area (Å²) in [7, 11) is 1.37. The molecule has 0 aromatic heterocycles. The Morgan fingerprint density at radius 1 is 1.67 bits per heavy atom. The molecule has 0 heterocycles. The molecule has 0 unspecified atom stereocenters. The fourth-order valence-electron chi connectivity index (χ4n) is 0.549. The van der Waals surface area contributed by atoms with Gasteiger partial charge in [0.1, 0.15) is 0 Å². The fourth-order valence-corrected chi connectivity index (χ4v) is 1.32. The van der Waals surface area contributed by atoms with Gasteiger partial charge in [0, 0.05) is 11.8 Å². The number of ether oxygens (including phenoxy) is 1. The molecule has 2 N–H and O–H groups in total. The second-order valence-electron chi connectivity index (χ2n) is 2.14. The lowest BCUT2D eigenvalue weighted by Crippen LogP contribution is -1.99. The number of thioether (sulfide) groups is 1. The maximum absolute atomic E-state index is 10.6. The van der Waals surface area contributed by atoms with Crippen molar-refractivity contribution >= 4 is 17.7 Å². The summed E-state index contributed by atoms with van der Waals surface area (Å²) in [4.78, 5) is 10.6. The van der Waals surface area contributed by atoms with Gasteiger partial charge >= 0.3 is 5.97 Å². The van der Waals surface area contributed by atoms with Crippen LogP contribution in [0.4, 0.5) is 0 Å². The number of carbonyl (C=O) groups is 1. The van der Waals surface area contributed by atoms with E-state index < -0.39 is 0 Å². The Kier molecular flexibility index (Phi) is 8.27. The molecular weight excluding hydrogens is 174 g/mol. The number of hydrogen-bond donors (Lipinski definition) is 1. The van der Waals surface area contributed by atoms with Crippen molar-refractivity contribution in [2.24, 2.45) is 5.73 Å². The number of rotatable bonds is 6. The molecule has 0 aliphatic rings. The summed E-state index contributed by atoms with van der Waals surface area (Å²) < 4.78 is 4.42. The zero-order valence-corrected chi connectivity index (χ0v) is 8.10. The van der Waals surface area contributed by atoms with Crippen molar-refractivity contribution < 1.29 is 9.53 Å². The second-order valence-corrected chi connectivity index (χ2v) is 3.29. The predicted molar refractivity (Wildman–Crippen MR) is 52.2 cm³/mol. The number of esters is 1. The third kappa shape index (κ3) is 7.63. The highest BCUT2D eigenvalue weighted by molar-refractivity contribution is 7.99. The number of hydrogen-bond acceptors (Lipinski definition) is 4. The van der Waals surface area contributed by atoms with Crippen molar-refractivity contribution in [2.45, 2.75) is 6.42 Å². The van der Waals surface area contributed by atoms with Gasteiger partial charge in [0.2, 0.25) is 0 Å². The molecule has 0 aromatic carbocycles. The zero-order chi connectivity index (χ0) is 9.23. The molecule has 3 nitrogen and oxygen atoms in total. The van der Waals surface area contributed by atoms with Crippen LogP contribution in [0.15, 0.2) is 12.2 Å². The van der Waals surface area contributed by atoms with E-state index in [1.54, 1.807) is 17.8 Å². The molecule has 70 valence electrons. The van der Waals surface area contributed by atoms with Gasteiger partial charge in [-0.2, -0.15) is 11.8 Å². The largest absolute Gasteiger partial charge is 0.466 e. The Morgan fingerprint density at radius 3 is 3.00 bits per heavy atom. The fraction of sp³-hybridized carbons (Fsp3) is 0.625. The summed E-state index contributed by atoms with van der Waals surface area (Å²) >= 11 is 1.76. The molecule has 0 amide bonds. The normalized spacial score (nSPS) is 10.5. The average Bonchev–Trinajstić information content (AvgIpc) is 2.10. The monoisotopic (exact) mass is 189 g/mol. The van der Waals surface area contributed by atoms with Gasteiger partial charge in [-0.05, 0) is 18.7 Å². The van der Waals surface area contributed by atoms with Crippen molar-refractivity contribution in [1.82, 2.24) is 0 Å². The number of carbonyl (C=O) groups excluding carboxylic acids is 1. The lowest BCUT2D eigenvalue weighted by molar-refractivity contribution is -0.134. The van der Waals surface area contributed by atoms with Gasteiger partial charge in [0.25, 0.3) is 0 Å². The van der Waals surface area contributed by atoms with Crippen LogP contribution >= 0.6 is 11.8 Å². The molecule has 0 radical (unpaired) electrons. The average molecular weight is 189 g/mol. The highest BCUT2D eigenvalue weighted by atomic mass is 32.2. The van der Waals surface area contributed by atoms with Crippen molar-refractivity contribution in [2.75, 3.05) is 25.2 Å². The lowest BCUT2D eigenvalue weighted by Gasteiger charge is -1.94. The molecule has 0 aliphatic heterocycles. The number of nitrogens with two attached hydrogens (primary N) is 1. The van der Waals surface area contributed by atoms with E-state index >= 15 is 0 Å². The molecule has 0 saturated heterocycles. The van der Waals surface area contributed by atoms with Gasteiger partial charge in [0.05, 0.1) is 7.11 Å². The summed E-state index contributed by atoms with van der Waals surface area (Å²) in [5.41, 5.74) is 5.31. The van der Waals surface area contributed by atoms with E-state index in [9.17, 15) is 4.79 Å². The maximum atomic E-state index is 10.6. The van der Waals surface area contributed by atoms with Crippen molar-refractivity contribution in [3.63, 3.8) is 0 Å². The topological polar surface area (TPSA) is 52.3 Å². The molecule has 12 heavy (non-hydrogen) atoms. The van der Waals surface area contributed by atoms with Crippen LogP contribution in [0, 0.1) is 0 Å². The first-order valence-electron chi connectivity index (χ1n) is 3.83. The molecule has 0 rings (SSSR count). The SMILES string of the molecule is COC(=O)/C=C/CSCCCN.